The Hall–Kier alpha value is -1.30. The molecule has 0 aromatic heterocycles. The molecule has 0 aromatic carbocycles. The lowest BCUT2D eigenvalue weighted by Crippen LogP contribution is -2.35. The van der Waals surface area contributed by atoms with E-state index in [-0.39, 0.29) is 5.91 Å². The Bertz CT molecular complexity index is 184. The average molecular weight is 202 g/mol. The molecule has 0 saturated carbocycles. The number of hydrogen-bond donors (Lipinski definition) is 4. The van der Waals surface area contributed by atoms with Crippen LogP contribution in [-0.4, -0.2) is 38.6 Å². The third kappa shape index (κ3) is 8.79. The van der Waals surface area contributed by atoms with Crippen LogP contribution in [0.5, 0.6) is 0 Å². The SMILES string of the molecule is CNC(=O)CCCNCCNC(N)=O. The van der Waals surface area contributed by atoms with E-state index in [0.717, 1.165) is 13.0 Å². The highest BCUT2D eigenvalue weighted by molar-refractivity contribution is 5.75. The summed E-state index contributed by atoms with van der Waals surface area (Å²) in [5.41, 5.74) is 4.86. The molecular formula is C8H18N4O2. The van der Waals surface area contributed by atoms with Crippen molar-refractivity contribution in [3.63, 3.8) is 0 Å². The largest absolute Gasteiger partial charge is 0.359 e. The van der Waals surface area contributed by atoms with Crippen LogP contribution in [0.4, 0.5) is 4.79 Å². The van der Waals surface area contributed by atoms with E-state index in [4.69, 9.17) is 5.73 Å². The van der Waals surface area contributed by atoms with Crippen molar-refractivity contribution in [2.45, 2.75) is 12.8 Å². The molecule has 0 saturated heterocycles. The lowest BCUT2D eigenvalue weighted by atomic mass is 10.3. The zero-order valence-corrected chi connectivity index (χ0v) is 8.43. The smallest absolute Gasteiger partial charge is 0.312 e. The van der Waals surface area contributed by atoms with Gasteiger partial charge in [-0.15, -0.1) is 0 Å². The molecule has 14 heavy (non-hydrogen) atoms. The molecule has 0 aromatic rings. The van der Waals surface area contributed by atoms with Crippen LogP contribution in [0.15, 0.2) is 0 Å². The first-order valence-corrected chi connectivity index (χ1v) is 4.61. The van der Waals surface area contributed by atoms with Crippen molar-refractivity contribution in [2.24, 2.45) is 5.73 Å². The molecular weight excluding hydrogens is 184 g/mol. The lowest BCUT2D eigenvalue weighted by Gasteiger charge is -2.04. The van der Waals surface area contributed by atoms with Crippen LogP contribution in [0.2, 0.25) is 0 Å². The Kier molecular flexibility index (Phi) is 7.53. The van der Waals surface area contributed by atoms with Crippen molar-refractivity contribution in [1.29, 1.82) is 0 Å². The molecule has 0 fully saturated rings. The second kappa shape index (κ2) is 8.31. The van der Waals surface area contributed by atoms with Gasteiger partial charge < -0.3 is 21.7 Å². The molecule has 0 aliphatic rings. The molecule has 82 valence electrons. The van der Waals surface area contributed by atoms with Crippen molar-refractivity contribution in [1.82, 2.24) is 16.0 Å². The van der Waals surface area contributed by atoms with E-state index in [1.165, 1.54) is 0 Å². The Morgan fingerprint density at radius 2 is 1.93 bits per heavy atom. The van der Waals surface area contributed by atoms with Crippen molar-refractivity contribution < 1.29 is 9.59 Å². The normalized spacial score (nSPS) is 9.50. The van der Waals surface area contributed by atoms with Gasteiger partial charge in [0.05, 0.1) is 0 Å². The maximum atomic E-state index is 10.8. The van der Waals surface area contributed by atoms with Gasteiger partial charge in [0.2, 0.25) is 5.91 Å². The second-order valence-electron chi connectivity index (χ2n) is 2.82. The molecule has 5 N–H and O–H groups in total. The molecule has 0 atom stereocenters. The molecule has 0 spiro atoms. The van der Waals surface area contributed by atoms with Gasteiger partial charge in [0, 0.05) is 26.6 Å². The van der Waals surface area contributed by atoms with Gasteiger partial charge >= 0.3 is 6.03 Å². The Balaban J connectivity index is 3.06. The molecule has 0 aliphatic carbocycles. The molecule has 3 amide bonds. The van der Waals surface area contributed by atoms with Crippen molar-refractivity contribution >= 4 is 11.9 Å². The third-order valence-electron chi connectivity index (χ3n) is 1.64. The second-order valence-corrected chi connectivity index (χ2v) is 2.82. The summed E-state index contributed by atoms with van der Waals surface area (Å²) in [5.74, 6) is 0.0436. The quantitative estimate of drug-likeness (QED) is 0.389. The summed E-state index contributed by atoms with van der Waals surface area (Å²) in [6.07, 6.45) is 1.31. The van der Waals surface area contributed by atoms with Gasteiger partial charge in [-0.05, 0) is 13.0 Å². The number of nitrogens with two attached hydrogens (primary N) is 1. The van der Waals surface area contributed by atoms with Crippen LogP contribution in [0.3, 0.4) is 0 Å². The van der Waals surface area contributed by atoms with Gasteiger partial charge in [0.15, 0.2) is 0 Å². The summed E-state index contributed by atoms with van der Waals surface area (Å²) < 4.78 is 0. The van der Waals surface area contributed by atoms with E-state index in [9.17, 15) is 9.59 Å². The Morgan fingerprint density at radius 3 is 2.50 bits per heavy atom. The maximum absolute atomic E-state index is 10.8. The van der Waals surface area contributed by atoms with E-state index < -0.39 is 6.03 Å². The monoisotopic (exact) mass is 202 g/mol. The van der Waals surface area contributed by atoms with Crippen LogP contribution in [-0.2, 0) is 4.79 Å². The summed E-state index contributed by atoms with van der Waals surface area (Å²) in [4.78, 5) is 21.0. The first-order chi connectivity index (χ1) is 6.66. The Morgan fingerprint density at radius 1 is 1.21 bits per heavy atom. The van der Waals surface area contributed by atoms with Crippen molar-refractivity contribution in [2.75, 3.05) is 26.7 Å². The number of hydrogen-bond acceptors (Lipinski definition) is 3. The minimum atomic E-state index is -0.517. The van der Waals surface area contributed by atoms with Gasteiger partial charge in [0.1, 0.15) is 0 Å². The first kappa shape index (κ1) is 12.7. The summed E-state index contributed by atoms with van der Waals surface area (Å²) in [6.45, 7) is 1.93. The van der Waals surface area contributed by atoms with E-state index in [2.05, 4.69) is 16.0 Å². The van der Waals surface area contributed by atoms with Crippen LogP contribution in [0.25, 0.3) is 0 Å². The van der Waals surface area contributed by atoms with Crippen molar-refractivity contribution in [3.8, 4) is 0 Å². The van der Waals surface area contributed by atoms with E-state index in [1.807, 2.05) is 0 Å². The number of carbonyl (C=O) groups is 2. The zero-order chi connectivity index (χ0) is 10.8. The predicted octanol–water partition coefficient (Wildman–Crippen LogP) is -1.23. The summed E-state index contributed by atoms with van der Waals surface area (Å²) in [5, 5.41) is 8.07. The fraction of sp³-hybridized carbons (Fsp3) is 0.750. The fourth-order valence-corrected chi connectivity index (χ4v) is 0.898. The lowest BCUT2D eigenvalue weighted by molar-refractivity contribution is -0.120. The van der Waals surface area contributed by atoms with E-state index >= 15 is 0 Å². The molecule has 6 heteroatoms. The predicted molar refractivity (Wildman–Crippen MR) is 53.8 cm³/mol. The van der Waals surface area contributed by atoms with Gasteiger partial charge in [-0.2, -0.15) is 0 Å². The van der Waals surface area contributed by atoms with Gasteiger partial charge in [-0.3, -0.25) is 4.79 Å². The zero-order valence-electron chi connectivity index (χ0n) is 8.43. The van der Waals surface area contributed by atoms with Crippen LogP contribution >= 0.6 is 0 Å². The van der Waals surface area contributed by atoms with E-state index in [0.29, 0.717) is 19.5 Å². The Labute approximate surface area is 83.6 Å². The number of urea groups is 1. The number of amides is 3. The average Bonchev–Trinajstić information content (AvgIpc) is 2.15. The minimum absolute atomic E-state index is 0.0436. The van der Waals surface area contributed by atoms with Crippen LogP contribution < -0.4 is 21.7 Å². The molecule has 0 heterocycles. The molecule has 0 aliphatic heterocycles. The number of nitrogens with one attached hydrogen (secondary N) is 3. The highest BCUT2D eigenvalue weighted by Crippen LogP contribution is 1.85. The van der Waals surface area contributed by atoms with Gasteiger partial charge in [0.25, 0.3) is 0 Å². The molecule has 0 bridgehead atoms. The first-order valence-electron chi connectivity index (χ1n) is 4.61. The molecule has 0 radical (unpaired) electrons. The van der Waals surface area contributed by atoms with Gasteiger partial charge in [-0.1, -0.05) is 0 Å². The van der Waals surface area contributed by atoms with Crippen LogP contribution in [0, 0.1) is 0 Å². The molecule has 6 nitrogen and oxygen atoms in total. The molecule has 0 unspecified atom stereocenters. The maximum Gasteiger partial charge on any atom is 0.312 e. The summed E-state index contributed by atoms with van der Waals surface area (Å²) >= 11 is 0. The van der Waals surface area contributed by atoms with Crippen molar-refractivity contribution in [3.05, 3.63) is 0 Å². The standard InChI is InChI=1S/C8H18N4O2/c1-10-7(13)3-2-4-11-5-6-12-8(9)14/h11H,2-6H2,1H3,(H,10,13)(H3,9,12,14). The van der Waals surface area contributed by atoms with Crippen LogP contribution in [0.1, 0.15) is 12.8 Å². The summed E-state index contributed by atoms with van der Waals surface area (Å²) in [7, 11) is 1.62. The van der Waals surface area contributed by atoms with E-state index in [1.54, 1.807) is 7.05 Å². The third-order valence-corrected chi connectivity index (χ3v) is 1.64. The highest BCUT2D eigenvalue weighted by Gasteiger charge is 1.96. The molecule has 0 rings (SSSR count). The minimum Gasteiger partial charge on any atom is -0.359 e. The number of primary amides is 1. The topological polar surface area (TPSA) is 96.2 Å². The number of carbonyl (C=O) groups excluding carboxylic acids is 2. The van der Waals surface area contributed by atoms with Gasteiger partial charge in [-0.25, -0.2) is 4.79 Å². The summed E-state index contributed by atoms with van der Waals surface area (Å²) in [6, 6.07) is -0.517. The highest BCUT2D eigenvalue weighted by atomic mass is 16.2. The fourth-order valence-electron chi connectivity index (χ4n) is 0.898. The number of rotatable bonds is 7.